The Bertz CT molecular complexity index is 513. The maximum absolute atomic E-state index is 12.3. The van der Waals surface area contributed by atoms with E-state index in [0.717, 1.165) is 0 Å². The molecule has 0 radical (unpaired) electrons. The van der Waals surface area contributed by atoms with Gasteiger partial charge in [0.25, 0.3) is 5.91 Å². The molecular weight excluding hydrogens is 317 g/mol. The van der Waals surface area contributed by atoms with Crippen molar-refractivity contribution in [3.63, 3.8) is 0 Å². The molecule has 1 amide bonds. The number of carbonyl (C=O) groups is 1. The number of hydrogen-bond donors (Lipinski definition) is 3. The number of nitrogens with zero attached hydrogens (tertiary/aromatic N) is 1. The monoisotopic (exact) mass is 333 g/mol. The predicted molar refractivity (Wildman–Crippen MR) is 79.2 cm³/mol. The topological polar surface area (TPSA) is 81.0 Å². The van der Waals surface area contributed by atoms with Crippen molar-refractivity contribution >= 4 is 29.1 Å². The summed E-state index contributed by atoms with van der Waals surface area (Å²) >= 11 is 11.7. The Hall–Kier alpha value is -0.850. The van der Waals surface area contributed by atoms with Crippen LogP contribution in [0.4, 0.5) is 0 Å². The van der Waals surface area contributed by atoms with E-state index >= 15 is 0 Å². The van der Waals surface area contributed by atoms with Gasteiger partial charge in [-0.25, -0.2) is 0 Å². The summed E-state index contributed by atoms with van der Waals surface area (Å²) in [5.41, 5.74) is -0.371. The average molecular weight is 334 g/mol. The first-order valence-corrected chi connectivity index (χ1v) is 7.31. The van der Waals surface area contributed by atoms with Gasteiger partial charge in [-0.3, -0.25) is 4.79 Å². The summed E-state index contributed by atoms with van der Waals surface area (Å²) in [6.45, 7) is 0.189. The van der Waals surface area contributed by atoms with E-state index in [1.807, 2.05) is 0 Å². The standard InChI is InChI=1S/C14H17Cl2NO4/c15-10-3-9(4-11(16)5-10)12(20)13(21)17-2-1-14(6-17,7-18)8-19/h3-5,12,18-20H,1-2,6-8H2. The number of halogens is 2. The molecule has 0 spiro atoms. The molecule has 5 nitrogen and oxygen atoms in total. The van der Waals surface area contributed by atoms with E-state index in [-0.39, 0.29) is 19.8 Å². The molecule has 1 aliphatic heterocycles. The zero-order chi connectivity index (χ0) is 15.6. The van der Waals surface area contributed by atoms with Gasteiger partial charge >= 0.3 is 0 Å². The van der Waals surface area contributed by atoms with Crippen LogP contribution in [0.1, 0.15) is 18.1 Å². The van der Waals surface area contributed by atoms with Crippen LogP contribution in [0.25, 0.3) is 0 Å². The Morgan fingerprint density at radius 3 is 2.29 bits per heavy atom. The van der Waals surface area contributed by atoms with Gasteiger partial charge < -0.3 is 20.2 Å². The van der Waals surface area contributed by atoms with Gasteiger partial charge in [0.05, 0.1) is 13.2 Å². The molecule has 116 valence electrons. The van der Waals surface area contributed by atoms with Gasteiger partial charge in [-0.05, 0) is 30.2 Å². The van der Waals surface area contributed by atoms with Crippen molar-refractivity contribution in [3.05, 3.63) is 33.8 Å². The molecule has 1 aromatic carbocycles. The lowest BCUT2D eigenvalue weighted by atomic mass is 9.89. The van der Waals surface area contributed by atoms with Crippen molar-refractivity contribution in [1.82, 2.24) is 4.90 Å². The Kier molecular flexibility index (Phi) is 5.11. The Morgan fingerprint density at radius 1 is 1.24 bits per heavy atom. The second kappa shape index (κ2) is 6.50. The highest BCUT2D eigenvalue weighted by atomic mass is 35.5. The number of hydrogen-bond acceptors (Lipinski definition) is 4. The summed E-state index contributed by atoms with van der Waals surface area (Å²) in [4.78, 5) is 13.8. The van der Waals surface area contributed by atoms with Crippen molar-refractivity contribution in [2.75, 3.05) is 26.3 Å². The third-order valence-electron chi connectivity index (χ3n) is 3.86. The summed E-state index contributed by atoms with van der Waals surface area (Å²) in [5, 5.41) is 29.6. The fraction of sp³-hybridized carbons (Fsp3) is 0.500. The lowest BCUT2D eigenvalue weighted by Crippen LogP contribution is -2.38. The van der Waals surface area contributed by atoms with Crippen LogP contribution in [-0.4, -0.2) is 52.4 Å². The minimum atomic E-state index is -1.37. The van der Waals surface area contributed by atoms with Crippen molar-refractivity contribution in [3.8, 4) is 0 Å². The number of likely N-dealkylation sites (tertiary alicyclic amines) is 1. The Morgan fingerprint density at radius 2 is 1.81 bits per heavy atom. The summed E-state index contributed by atoms with van der Waals surface area (Å²) in [5.74, 6) is -0.489. The molecule has 1 heterocycles. The van der Waals surface area contributed by atoms with Gasteiger partial charge in [0, 0.05) is 28.5 Å². The van der Waals surface area contributed by atoms with Gasteiger partial charge in [-0.1, -0.05) is 23.2 Å². The molecule has 3 N–H and O–H groups in total. The number of amides is 1. The third-order valence-corrected chi connectivity index (χ3v) is 4.29. The number of aliphatic hydroxyl groups is 3. The first-order valence-electron chi connectivity index (χ1n) is 6.55. The minimum Gasteiger partial charge on any atom is -0.396 e. The molecule has 2 rings (SSSR count). The second-order valence-electron chi connectivity index (χ2n) is 5.43. The fourth-order valence-electron chi connectivity index (χ4n) is 2.48. The molecule has 1 aromatic rings. The van der Waals surface area contributed by atoms with E-state index in [1.54, 1.807) is 0 Å². The Labute approximate surface area is 132 Å². The number of carbonyl (C=O) groups excluding carboxylic acids is 1. The predicted octanol–water partition coefficient (Wildman–Crippen LogP) is 1.23. The highest BCUT2D eigenvalue weighted by Gasteiger charge is 2.40. The summed E-state index contributed by atoms with van der Waals surface area (Å²) in [7, 11) is 0. The van der Waals surface area contributed by atoms with E-state index in [0.29, 0.717) is 28.6 Å². The first kappa shape index (κ1) is 16.5. The minimum absolute atomic E-state index is 0.202. The molecule has 0 aromatic heterocycles. The van der Waals surface area contributed by atoms with Gasteiger partial charge in [0.1, 0.15) is 0 Å². The van der Waals surface area contributed by atoms with Gasteiger partial charge in [-0.15, -0.1) is 0 Å². The van der Waals surface area contributed by atoms with E-state index in [9.17, 15) is 20.1 Å². The molecular formula is C14H17Cl2NO4. The number of rotatable bonds is 4. The van der Waals surface area contributed by atoms with Crippen molar-refractivity contribution < 1.29 is 20.1 Å². The Balaban J connectivity index is 2.13. The molecule has 1 fully saturated rings. The zero-order valence-corrected chi connectivity index (χ0v) is 12.8. The van der Waals surface area contributed by atoms with E-state index in [2.05, 4.69) is 0 Å². The lowest BCUT2D eigenvalue weighted by Gasteiger charge is -2.25. The van der Waals surface area contributed by atoms with Crippen LogP contribution < -0.4 is 0 Å². The van der Waals surface area contributed by atoms with Crippen LogP contribution in [0.5, 0.6) is 0 Å². The van der Waals surface area contributed by atoms with Crippen LogP contribution in [0.2, 0.25) is 10.0 Å². The molecule has 0 bridgehead atoms. The molecule has 1 aliphatic rings. The molecule has 7 heteroatoms. The van der Waals surface area contributed by atoms with Crippen LogP contribution in [0, 0.1) is 5.41 Å². The highest BCUT2D eigenvalue weighted by molar-refractivity contribution is 6.34. The van der Waals surface area contributed by atoms with E-state index in [1.165, 1.54) is 23.1 Å². The first-order chi connectivity index (χ1) is 9.90. The number of benzene rings is 1. The average Bonchev–Trinajstić information content (AvgIpc) is 2.90. The van der Waals surface area contributed by atoms with Gasteiger partial charge in [-0.2, -0.15) is 0 Å². The maximum atomic E-state index is 12.3. The molecule has 21 heavy (non-hydrogen) atoms. The van der Waals surface area contributed by atoms with Gasteiger partial charge in [0.15, 0.2) is 6.10 Å². The molecule has 0 aliphatic carbocycles. The molecule has 0 saturated carbocycles. The summed E-state index contributed by atoms with van der Waals surface area (Å²) in [6.07, 6.45) is -0.872. The lowest BCUT2D eigenvalue weighted by molar-refractivity contribution is -0.140. The fourth-order valence-corrected chi connectivity index (χ4v) is 3.02. The van der Waals surface area contributed by atoms with E-state index < -0.39 is 17.4 Å². The van der Waals surface area contributed by atoms with Crippen LogP contribution in [0.3, 0.4) is 0 Å². The summed E-state index contributed by atoms with van der Waals surface area (Å²) < 4.78 is 0. The van der Waals surface area contributed by atoms with Crippen LogP contribution in [-0.2, 0) is 4.79 Å². The van der Waals surface area contributed by atoms with Crippen LogP contribution >= 0.6 is 23.2 Å². The van der Waals surface area contributed by atoms with Crippen molar-refractivity contribution in [1.29, 1.82) is 0 Å². The molecule has 1 saturated heterocycles. The second-order valence-corrected chi connectivity index (χ2v) is 6.30. The summed E-state index contributed by atoms with van der Waals surface area (Å²) in [6, 6.07) is 4.48. The molecule has 1 unspecified atom stereocenters. The smallest absolute Gasteiger partial charge is 0.256 e. The van der Waals surface area contributed by atoms with Crippen LogP contribution in [0.15, 0.2) is 18.2 Å². The van der Waals surface area contributed by atoms with E-state index in [4.69, 9.17) is 23.2 Å². The highest BCUT2D eigenvalue weighted by Crippen LogP contribution is 2.32. The van der Waals surface area contributed by atoms with Crippen molar-refractivity contribution in [2.45, 2.75) is 12.5 Å². The van der Waals surface area contributed by atoms with Crippen molar-refractivity contribution in [2.24, 2.45) is 5.41 Å². The quantitative estimate of drug-likeness (QED) is 0.774. The normalized spacial score (nSPS) is 18.8. The number of aliphatic hydroxyl groups excluding tert-OH is 3. The largest absolute Gasteiger partial charge is 0.396 e. The third kappa shape index (κ3) is 3.49. The SMILES string of the molecule is O=C(C(O)c1cc(Cl)cc(Cl)c1)N1CCC(CO)(CO)C1. The molecule has 1 atom stereocenters. The zero-order valence-electron chi connectivity index (χ0n) is 11.3. The maximum Gasteiger partial charge on any atom is 0.256 e. The van der Waals surface area contributed by atoms with Gasteiger partial charge in [0.2, 0.25) is 0 Å².